The highest BCUT2D eigenvalue weighted by Crippen LogP contribution is 2.52. The Balaban J connectivity index is 0.00000182. The van der Waals surface area contributed by atoms with Crippen LogP contribution in [0.15, 0.2) is 4.99 Å². The topological polar surface area (TPSA) is 48.9 Å². The van der Waals surface area contributed by atoms with Crippen molar-refractivity contribution in [1.82, 2.24) is 15.5 Å². The van der Waals surface area contributed by atoms with Crippen LogP contribution in [-0.4, -0.2) is 61.8 Å². The molecule has 1 aliphatic carbocycles. The van der Waals surface area contributed by atoms with E-state index >= 15 is 0 Å². The van der Waals surface area contributed by atoms with Crippen LogP contribution >= 0.6 is 24.0 Å². The standard InChI is InChI=1S/C19H34N4O.HI/c1-19(2)16(15-8-9-24-17(15)19)22-18(20-3)21-12-10-13-6-5-7-14(11-12)23(13)4;/h12-17H,5-11H2,1-4H3,(H2,20,21,22);1H. The number of ether oxygens (including phenoxy) is 1. The summed E-state index contributed by atoms with van der Waals surface area (Å²) in [6.07, 6.45) is 8.21. The van der Waals surface area contributed by atoms with Gasteiger partial charge in [-0.25, -0.2) is 0 Å². The molecule has 4 fully saturated rings. The molecule has 6 heteroatoms. The van der Waals surface area contributed by atoms with Gasteiger partial charge in [-0.3, -0.25) is 4.99 Å². The van der Waals surface area contributed by atoms with Crippen molar-refractivity contribution in [2.45, 2.75) is 82.6 Å². The van der Waals surface area contributed by atoms with Gasteiger partial charge in [0.1, 0.15) is 0 Å². The summed E-state index contributed by atoms with van der Waals surface area (Å²) in [4.78, 5) is 7.16. The minimum atomic E-state index is 0. The molecule has 0 aromatic carbocycles. The van der Waals surface area contributed by atoms with E-state index in [1.165, 1.54) is 38.5 Å². The normalized spacial score (nSPS) is 42.8. The average Bonchev–Trinajstić information content (AvgIpc) is 2.99. The van der Waals surface area contributed by atoms with Crippen molar-refractivity contribution < 1.29 is 4.74 Å². The highest BCUT2D eigenvalue weighted by atomic mass is 127. The molecule has 0 radical (unpaired) electrons. The number of piperidine rings is 2. The molecule has 1 saturated carbocycles. The Kier molecular flexibility index (Phi) is 5.91. The summed E-state index contributed by atoms with van der Waals surface area (Å²) in [5.74, 6) is 1.64. The van der Waals surface area contributed by atoms with E-state index < -0.39 is 0 Å². The molecular formula is C19H35IN4O. The predicted octanol–water partition coefficient (Wildman–Crippen LogP) is 2.60. The Bertz CT molecular complexity index is 498. The van der Waals surface area contributed by atoms with E-state index in [9.17, 15) is 0 Å². The maximum atomic E-state index is 5.92. The Hall–Kier alpha value is -0.0800. The van der Waals surface area contributed by atoms with E-state index in [2.05, 4.69) is 41.4 Å². The zero-order chi connectivity index (χ0) is 16.9. The van der Waals surface area contributed by atoms with Crippen LogP contribution in [0.2, 0.25) is 0 Å². The van der Waals surface area contributed by atoms with Crippen molar-refractivity contribution in [1.29, 1.82) is 0 Å². The molecule has 3 saturated heterocycles. The molecule has 0 aromatic heterocycles. The molecule has 4 rings (SSSR count). The molecule has 0 amide bonds. The number of rotatable bonds is 2. The third-order valence-corrected chi connectivity index (χ3v) is 7.30. The van der Waals surface area contributed by atoms with Crippen LogP contribution in [0.5, 0.6) is 0 Å². The number of nitrogens with zero attached hydrogens (tertiary/aromatic N) is 2. The monoisotopic (exact) mass is 462 g/mol. The lowest BCUT2D eigenvalue weighted by Gasteiger charge is -2.55. The van der Waals surface area contributed by atoms with E-state index in [0.29, 0.717) is 24.1 Å². The molecule has 5 unspecified atom stereocenters. The van der Waals surface area contributed by atoms with Gasteiger partial charge >= 0.3 is 0 Å². The Morgan fingerprint density at radius 2 is 1.80 bits per heavy atom. The van der Waals surface area contributed by atoms with Crippen molar-refractivity contribution in [2.24, 2.45) is 16.3 Å². The first-order valence-corrected chi connectivity index (χ1v) is 9.84. The van der Waals surface area contributed by atoms with Gasteiger partial charge in [-0.05, 0) is 39.2 Å². The molecule has 5 atom stereocenters. The average molecular weight is 462 g/mol. The quantitative estimate of drug-likeness (QED) is 0.377. The zero-order valence-electron chi connectivity index (χ0n) is 16.1. The SMILES string of the molecule is CN=C(NC1CC2CCCC(C1)N2C)NC1C2CCOC2C1(C)C.I. The number of aliphatic imine (C=N–C) groups is 1. The fourth-order valence-electron chi connectivity index (χ4n) is 5.86. The summed E-state index contributed by atoms with van der Waals surface area (Å²) in [7, 11) is 4.22. The van der Waals surface area contributed by atoms with Gasteiger partial charge in [0.05, 0.1) is 6.10 Å². The number of nitrogens with one attached hydrogen (secondary N) is 2. The van der Waals surface area contributed by atoms with Crippen LogP contribution in [-0.2, 0) is 4.74 Å². The lowest BCUT2D eigenvalue weighted by molar-refractivity contribution is -0.107. The summed E-state index contributed by atoms with van der Waals surface area (Å²) in [5, 5.41) is 7.48. The number of hydrogen-bond donors (Lipinski definition) is 2. The minimum Gasteiger partial charge on any atom is -0.377 e. The Labute approximate surface area is 169 Å². The molecule has 3 aliphatic heterocycles. The minimum absolute atomic E-state index is 0. The van der Waals surface area contributed by atoms with Crippen LogP contribution in [0.25, 0.3) is 0 Å². The molecule has 0 aromatic rings. The summed E-state index contributed by atoms with van der Waals surface area (Å²) >= 11 is 0. The smallest absolute Gasteiger partial charge is 0.191 e. The lowest BCUT2D eigenvalue weighted by Crippen LogP contribution is -2.68. The second kappa shape index (κ2) is 7.50. The van der Waals surface area contributed by atoms with Crippen LogP contribution in [0.3, 0.4) is 0 Å². The molecule has 2 bridgehead atoms. The third kappa shape index (κ3) is 3.43. The van der Waals surface area contributed by atoms with E-state index in [4.69, 9.17) is 4.74 Å². The summed E-state index contributed by atoms with van der Waals surface area (Å²) in [6.45, 7) is 5.57. The summed E-state index contributed by atoms with van der Waals surface area (Å²) < 4.78 is 5.92. The van der Waals surface area contributed by atoms with Crippen LogP contribution < -0.4 is 10.6 Å². The van der Waals surface area contributed by atoms with E-state index in [0.717, 1.165) is 24.7 Å². The van der Waals surface area contributed by atoms with Gasteiger partial charge in [0.15, 0.2) is 5.96 Å². The zero-order valence-corrected chi connectivity index (χ0v) is 18.5. The number of guanidine groups is 1. The number of halogens is 1. The van der Waals surface area contributed by atoms with Gasteiger partial charge in [0.2, 0.25) is 0 Å². The highest BCUT2D eigenvalue weighted by Gasteiger charge is 2.59. The van der Waals surface area contributed by atoms with E-state index in [-0.39, 0.29) is 29.4 Å². The van der Waals surface area contributed by atoms with E-state index in [1.54, 1.807) is 0 Å². The fourth-order valence-corrected chi connectivity index (χ4v) is 5.86. The van der Waals surface area contributed by atoms with Gasteiger partial charge in [-0.15, -0.1) is 24.0 Å². The van der Waals surface area contributed by atoms with Gasteiger partial charge < -0.3 is 20.3 Å². The number of hydrogen-bond acceptors (Lipinski definition) is 3. The van der Waals surface area contributed by atoms with Crippen molar-refractivity contribution in [3.63, 3.8) is 0 Å². The Morgan fingerprint density at radius 1 is 1.12 bits per heavy atom. The lowest BCUT2D eigenvalue weighted by atomic mass is 9.57. The molecule has 5 nitrogen and oxygen atoms in total. The second-order valence-electron chi connectivity index (χ2n) is 8.98. The van der Waals surface area contributed by atoms with Gasteiger partial charge in [0.25, 0.3) is 0 Å². The first-order valence-electron chi connectivity index (χ1n) is 9.84. The first-order chi connectivity index (χ1) is 11.5. The molecule has 3 heterocycles. The van der Waals surface area contributed by atoms with Crippen molar-refractivity contribution >= 4 is 29.9 Å². The fraction of sp³-hybridized carbons (Fsp3) is 0.947. The largest absolute Gasteiger partial charge is 0.377 e. The molecular weight excluding hydrogens is 427 g/mol. The Morgan fingerprint density at radius 3 is 2.44 bits per heavy atom. The van der Waals surface area contributed by atoms with Crippen LogP contribution in [0.1, 0.15) is 52.4 Å². The first kappa shape index (κ1) is 19.7. The second-order valence-corrected chi connectivity index (χ2v) is 8.98. The summed E-state index contributed by atoms with van der Waals surface area (Å²) in [5.41, 5.74) is 0.197. The van der Waals surface area contributed by atoms with Gasteiger partial charge in [-0.1, -0.05) is 20.3 Å². The highest BCUT2D eigenvalue weighted by molar-refractivity contribution is 14.0. The van der Waals surface area contributed by atoms with Crippen LogP contribution in [0, 0.1) is 11.3 Å². The molecule has 25 heavy (non-hydrogen) atoms. The molecule has 0 spiro atoms. The molecule has 2 N–H and O–H groups in total. The summed E-state index contributed by atoms with van der Waals surface area (Å²) in [6, 6.07) is 2.53. The van der Waals surface area contributed by atoms with Crippen molar-refractivity contribution in [3.05, 3.63) is 0 Å². The van der Waals surface area contributed by atoms with E-state index in [1.807, 2.05) is 7.05 Å². The number of fused-ring (bicyclic) bond motifs is 3. The maximum absolute atomic E-state index is 5.92. The van der Waals surface area contributed by atoms with Crippen LogP contribution in [0.4, 0.5) is 0 Å². The molecule has 144 valence electrons. The van der Waals surface area contributed by atoms with Crippen molar-refractivity contribution in [3.8, 4) is 0 Å². The van der Waals surface area contributed by atoms with Gasteiger partial charge in [0, 0.05) is 49.2 Å². The molecule has 4 aliphatic rings. The maximum Gasteiger partial charge on any atom is 0.191 e. The predicted molar refractivity (Wildman–Crippen MR) is 113 cm³/mol. The van der Waals surface area contributed by atoms with Crippen molar-refractivity contribution in [2.75, 3.05) is 20.7 Å². The third-order valence-electron chi connectivity index (χ3n) is 7.30. The van der Waals surface area contributed by atoms with Gasteiger partial charge in [-0.2, -0.15) is 0 Å².